The number of amides is 1. The third kappa shape index (κ3) is 4.75. The van der Waals surface area contributed by atoms with Crippen LogP contribution in [-0.2, 0) is 11.3 Å². The number of benzene rings is 1. The smallest absolute Gasteiger partial charge is 0.254 e. The maximum atomic E-state index is 13.7. The van der Waals surface area contributed by atoms with Crippen LogP contribution < -0.4 is 10.6 Å². The number of aliphatic imine (C=N–C) groups is 1. The van der Waals surface area contributed by atoms with E-state index in [1.54, 1.807) is 12.4 Å². The van der Waals surface area contributed by atoms with Crippen LogP contribution in [0, 0.1) is 11.7 Å². The highest BCUT2D eigenvalue weighted by Gasteiger charge is 2.29. The van der Waals surface area contributed by atoms with Crippen molar-refractivity contribution in [2.75, 3.05) is 32.6 Å². The van der Waals surface area contributed by atoms with E-state index < -0.39 is 0 Å². The second-order valence-corrected chi connectivity index (χ2v) is 9.93. The molecule has 2 atom stereocenters. The van der Waals surface area contributed by atoms with E-state index in [1.807, 2.05) is 43.6 Å². The lowest BCUT2D eigenvalue weighted by molar-refractivity contribution is 0.0966. The standard InChI is InChI=1S/C29H33FN6O2/c1-6-25(34-28(18(3)35(4)5)17(2)19-10-12-38-16-19)33-23-8-7-21(22-14-32-29(37)27(22)23)24-15-31-26-13-20(30)9-11-36(24)26/h6-9,11,13,15,18-19,33H,2,10,12,14,16H2,1,3-5H3,(H,32,37)/b25-6-,34-28+/t18-,19-/m0/s1. The topological polar surface area (TPSA) is 83.3 Å². The van der Waals surface area contributed by atoms with Gasteiger partial charge < -0.3 is 20.3 Å². The van der Waals surface area contributed by atoms with Crippen LogP contribution >= 0.6 is 0 Å². The first-order chi connectivity index (χ1) is 18.3. The monoisotopic (exact) mass is 516 g/mol. The highest BCUT2D eigenvalue weighted by atomic mass is 19.1. The summed E-state index contributed by atoms with van der Waals surface area (Å²) in [5.74, 6) is 0.371. The highest BCUT2D eigenvalue weighted by Crippen LogP contribution is 2.35. The fourth-order valence-corrected chi connectivity index (χ4v) is 4.98. The summed E-state index contributed by atoms with van der Waals surface area (Å²) in [6, 6.07) is 6.67. The number of halogens is 1. The number of imidazole rings is 1. The van der Waals surface area contributed by atoms with Gasteiger partial charge in [-0.3, -0.25) is 9.20 Å². The molecule has 38 heavy (non-hydrogen) atoms. The van der Waals surface area contributed by atoms with Gasteiger partial charge in [0.15, 0.2) is 0 Å². The number of fused-ring (bicyclic) bond motifs is 2. The summed E-state index contributed by atoms with van der Waals surface area (Å²) in [7, 11) is 4.04. The molecular formula is C29H33FN6O2. The predicted octanol–water partition coefficient (Wildman–Crippen LogP) is 4.64. The molecule has 0 unspecified atom stereocenters. The first-order valence-electron chi connectivity index (χ1n) is 12.8. The van der Waals surface area contributed by atoms with Gasteiger partial charge in [-0.05, 0) is 63.7 Å². The Bertz CT molecular complexity index is 1470. The molecule has 2 aromatic heterocycles. The van der Waals surface area contributed by atoms with E-state index in [4.69, 9.17) is 9.73 Å². The lowest BCUT2D eigenvalue weighted by atomic mass is 9.92. The van der Waals surface area contributed by atoms with Crippen LogP contribution in [0.5, 0.6) is 0 Å². The summed E-state index contributed by atoms with van der Waals surface area (Å²) >= 11 is 0. The summed E-state index contributed by atoms with van der Waals surface area (Å²) in [5.41, 5.74) is 6.13. The molecule has 2 N–H and O–H groups in total. The van der Waals surface area contributed by atoms with Crippen LogP contribution in [-0.4, -0.2) is 59.3 Å². The normalized spacial score (nSPS) is 18.7. The Labute approximate surface area is 221 Å². The highest BCUT2D eigenvalue weighted by molar-refractivity contribution is 6.06. The number of nitrogens with zero attached hydrogens (tertiary/aromatic N) is 4. The van der Waals surface area contributed by atoms with Crippen molar-refractivity contribution in [3.8, 4) is 11.3 Å². The van der Waals surface area contributed by atoms with Crippen LogP contribution in [0.3, 0.4) is 0 Å². The molecule has 2 aliphatic rings. The second-order valence-electron chi connectivity index (χ2n) is 9.93. The van der Waals surface area contributed by atoms with Gasteiger partial charge in [0.05, 0.1) is 35.5 Å². The van der Waals surface area contributed by atoms with Crippen LogP contribution in [0.2, 0.25) is 0 Å². The minimum absolute atomic E-state index is 0.0382. The number of carbonyl (C=O) groups is 1. The quantitative estimate of drug-likeness (QED) is 0.426. The molecule has 198 valence electrons. The number of rotatable bonds is 8. The van der Waals surface area contributed by atoms with Crippen molar-refractivity contribution >= 4 is 23.0 Å². The second kappa shape index (κ2) is 10.5. The van der Waals surface area contributed by atoms with E-state index in [0.717, 1.165) is 41.1 Å². The number of ether oxygens (including phenoxy) is 1. The molecule has 8 nitrogen and oxygen atoms in total. The molecule has 1 fully saturated rings. The predicted molar refractivity (Wildman–Crippen MR) is 148 cm³/mol. The molecule has 4 heterocycles. The number of nitrogens with one attached hydrogen (secondary N) is 2. The van der Waals surface area contributed by atoms with Crippen molar-refractivity contribution in [2.45, 2.75) is 32.9 Å². The van der Waals surface area contributed by atoms with Gasteiger partial charge in [0.2, 0.25) is 0 Å². The molecule has 9 heteroatoms. The lowest BCUT2D eigenvalue weighted by Crippen LogP contribution is -2.35. The van der Waals surface area contributed by atoms with E-state index >= 15 is 0 Å². The molecule has 0 radical (unpaired) electrons. The molecule has 2 aliphatic heterocycles. The SMILES string of the molecule is C=C(/C(=N\C(=C/C)Nc1ccc(-c2cnc3cc(F)ccn23)c2c1C(=O)NC2)[C@H](C)N(C)C)[C@H]1CCOC1. The van der Waals surface area contributed by atoms with Crippen LogP contribution in [0.15, 0.2) is 65.7 Å². The van der Waals surface area contributed by atoms with Gasteiger partial charge >= 0.3 is 0 Å². The van der Waals surface area contributed by atoms with Gasteiger partial charge in [-0.15, -0.1) is 0 Å². The number of allylic oxidation sites excluding steroid dienone is 1. The fraction of sp³-hybridized carbons (Fsp3) is 0.345. The third-order valence-electron chi connectivity index (χ3n) is 7.42. The van der Waals surface area contributed by atoms with Crippen LogP contribution in [0.25, 0.3) is 16.9 Å². The molecule has 0 bridgehead atoms. The summed E-state index contributed by atoms with van der Waals surface area (Å²) < 4.78 is 21.1. The van der Waals surface area contributed by atoms with Gasteiger partial charge in [-0.25, -0.2) is 14.4 Å². The number of carbonyl (C=O) groups excluding carboxylic acids is 1. The number of anilines is 1. The van der Waals surface area contributed by atoms with Gasteiger partial charge in [0.1, 0.15) is 17.3 Å². The van der Waals surface area contributed by atoms with Crippen molar-refractivity contribution in [2.24, 2.45) is 10.9 Å². The number of hydrogen-bond donors (Lipinski definition) is 2. The zero-order chi connectivity index (χ0) is 27.0. The molecular weight excluding hydrogens is 483 g/mol. The van der Waals surface area contributed by atoms with Gasteiger partial charge in [-0.1, -0.05) is 12.6 Å². The van der Waals surface area contributed by atoms with E-state index in [1.165, 1.54) is 12.1 Å². The molecule has 0 aliphatic carbocycles. The van der Waals surface area contributed by atoms with Gasteiger partial charge in [-0.2, -0.15) is 0 Å². The summed E-state index contributed by atoms with van der Waals surface area (Å²) in [6.45, 7) is 10.2. The maximum absolute atomic E-state index is 13.7. The summed E-state index contributed by atoms with van der Waals surface area (Å²) in [4.78, 5) is 24.4. The molecule has 1 saturated heterocycles. The lowest BCUT2D eigenvalue weighted by Gasteiger charge is -2.26. The van der Waals surface area contributed by atoms with E-state index in [2.05, 4.69) is 34.0 Å². The zero-order valence-electron chi connectivity index (χ0n) is 22.2. The van der Waals surface area contributed by atoms with Crippen molar-refractivity contribution < 1.29 is 13.9 Å². The molecule has 1 amide bonds. The minimum Gasteiger partial charge on any atom is -0.381 e. The largest absolute Gasteiger partial charge is 0.381 e. The van der Waals surface area contributed by atoms with E-state index in [0.29, 0.717) is 35.9 Å². The van der Waals surface area contributed by atoms with Crippen LogP contribution in [0.1, 0.15) is 36.2 Å². The molecule has 0 spiro atoms. The zero-order valence-corrected chi connectivity index (χ0v) is 22.2. The number of hydrogen-bond acceptors (Lipinski definition) is 6. The minimum atomic E-state index is -0.346. The molecule has 0 saturated carbocycles. The molecule has 3 aromatic rings. The molecule has 5 rings (SSSR count). The van der Waals surface area contributed by atoms with Gasteiger partial charge in [0, 0.05) is 42.9 Å². The van der Waals surface area contributed by atoms with Crippen molar-refractivity contribution in [3.05, 3.63) is 77.7 Å². The first-order valence-corrected chi connectivity index (χ1v) is 12.8. The Kier molecular flexibility index (Phi) is 7.14. The van der Waals surface area contributed by atoms with Crippen molar-refractivity contribution in [3.63, 3.8) is 0 Å². The fourth-order valence-electron chi connectivity index (χ4n) is 4.98. The Balaban J connectivity index is 1.52. The van der Waals surface area contributed by atoms with Crippen molar-refractivity contribution in [1.82, 2.24) is 19.6 Å². The summed E-state index contributed by atoms with van der Waals surface area (Å²) in [5, 5.41) is 6.34. The Morgan fingerprint density at radius 2 is 2.21 bits per heavy atom. The summed E-state index contributed by atoms with van der Waals surface area (Å²) in [6.07, 6.45) is 6.18. The first kappa shape index (κ1) is 25.8. The van der Waals surface area contributed by atoms with E-state index in [-0.39, 0.29) is 23.7 Å². The average molecular weight is 517 g/mol. The maximum Gasteiger partial charge on any atom is 0.254 e. The van der Waals surface area contributed by atoms with Crippen molar-refractivity contribution in [1.29, 1.82) is 0 Å². The third-order valence-corrected chi connectivity index (χ3v) is 7.42. The Morgan fingerprint density at radius 1 is 1.39 bits per heavy atom. The Hall–Kier alpha value is -3.82. The van der Waals surface area contributed by atoms with Crippen LogP contribution in [0.4, 0.5) is 10.1 Å². The molecule has 1 aromatic carbocycles. The van der Waals surface area contributed by atoms with E-state index in [9.17, 15) is 9.18 Å². The number of pyridine rings is 1. The average Bonchev–Trinajstić information content (AvgIpc) is 3.66. The number of aromatic nitrogens is 2. The van der Waals surface area contributed by atoms with Gasteiger partial charge in [0.25, 0.3) is 5.91 Å². The Morgan fingerprint density at radius 3 is 2.92 bits per heavy atom.